The average molecular weight is 342 g/mol. The van der Waals surface area contributed by atoms with Gasteiger partial charge in [0.15, 0.2) is 0 Å². The molecule has 1 aromatic carbocycles. The summed E-state index contributed by atoms with van der Waals surface area (Å²) in [6, 6.07) is 5.98. The number of carboxylic acid groups (broad SMARTS) is 1. The van der Waals surface area contributed by atoms with Crippen LogP contribution in [0.2, 0.25) is 0 Å². The first-order chi connectivity index (χ1) is 12.0. The molecule has 0 radical (unpaired) electrons. The lowest BCUT2D eigenvalue weighted by Crippen LogP contribution is -2.54. The van der Waals surface area contributed by atoms with E-state index >= 15 is 0 Å². The minimum atomic E-state index is -0.927. The van der Waals surface area contributed by atoms with E-state index in [4.69, 9.17) is 5.11 Å². The van der Waals surface area contributed by atoms with Crippen molar-refractivity contribution in [1.82, 2.24) is 10.3 Å². The predicted octanol–water partition coefficient (Wildman–Crippen LogP) is 3.38. The second-order valence-electron chi connectivity index (χ2n) is 7.19. The van der Waals surface area contributed by atoms with Gasteiger partial charge in [0.25, 0.3) is 5.91 Å². The van der Waals surface area contributed by atoms with Gasteiger partial charge in [0, 0.05) is 17.0 Å². The zero-order valence-electron chi connectivity index (χ0n) is 13.7. The molecule has 0 saturated heterocycles. The number of nitrogens with one attached hydrogen (secondary N) is 1. The third-order valence-corrected chi connectivity index (χ3v) is 5.21. The lowest BCUT2D eigenvalue weighted by molar-refractivity contribution is -0.139. The summed E-state index contributed by atoms with van der Waals surface area (Å²) in [5.41, 5.74) is 1.14. The molecule has 0 atom stereocenters. The van der Waals surface area contributed by atoms with E-state index in [2.05, 4.69) is 10.3 Å². The van der Waals surface area contributed by atoms with Gasteiger partial charge in [0.05, 0.1) is 23.0 Å². The van der Waals surface area contributed by atoms with E-state index < -0.39 is 17.3 Å². The molecule has 1 heterocycles. The zero-order valence-corrected chi connectivity index (χ0v) is 13.7. The standard InChI is InChI=1S/C19H19FN2O3/c20-12-4-5-15-13(8-12)14(9-16(21-15)11-2-3-11)18(25)22-19(6-1-7-19)10-17(23)24/h4-5,8-9,11H,1-3,6-7,10H2,(H,22,25)(H,23,24). The number of carbonyl (C=O) groups excluding carboxylic acids is 1. The Morgan fingerprint density at radius 3 is 2.64 bits per heavy atom. The van der Waals surface area contributed by atoms with Crippen LogP contribution in [0, 0.1) is 5.82 Å². The molecule has 1 amide bonds. The van der Waals surface area contributed by atoms with Crippen LogP contribution in [0.25, 0.3) is 10.9 Å². The van der Waals surface area contributed by atoms with Crippen LogP contribution in [0.1, 0.15) is 60.5 Å². The summed E-state index contributed by atoms with van der Waals surface area (Å²) >= 11 is 0. The SMILES string of the molecule is O=C(O)CC1(NC(=O)c2cc(C3CC3)nc3ccc(F)cc23)CCC1. The number of hydrogen-bond acceptors (Lipinski definition) is 3. The molecule has 130 valence electrons. The van der Waals surface area contributed by atoms with Crippen molar-refractivity contribution in [2.24, 2.45) is 0 Å². The first-order valence-electron chi connectivity index (χ1n) is 8.60. The molecule has 2 fully saturated rings. The molecule has 0 aliphatic heterocycles. The summed E-state index contributed by atoms with van der Waals surface area (Å²) in [5, 5.41) is 12.5. The number of carbonyl (C=O) groups is 2. The summed E-state index contributed by atoms with van der Waals surface area (Å²) in [5.74, 6) is -1.34. The highest BCUT2D eigenvalue weighted by Gasteiger charge is 2.41. The molecule has 2 N–H and O–H groups in total. The molecule has 1 aromatic heterocycles. The normalized spacial score (nSPS) is 18.6. The molecule has 6 heteroatoms. The number of benzene rings is 1. The van der Waals surface area contributed by atoms with Gasteiger partial charge in [0.2, 0.25) is 0 Å². The Hall–Kier alpha value is -2.50. The maximum absolute atomic E-state index is 13.7. The predicted molar refractivity (Wildman–Crippen MR) is 90.0 cm³/mol. The lowest BCUT2D eigenvalue weighted by Gasteiger charge is -2.41. The lowest BCUT2D eigenvalue weighted by atomic mass is 9.74. The van der Waals surface area contributed by atoms with Crippen molar-refractivity contribution in [3.8, 4) is 0 Å². The van der Waals surface area contributed by atoms with Crippen molar-refractivity contribution in [2.45, 2.75) is 50.0 Å². The quantitative estimate of drug-likeness (QED) is 0.873. The molecular formula is C19H19FN2O3. The van der Waals surface area contributed by atoms with Crippen LogP contribution in [0.3, 0.4) is 0 Å². The van der Waals surface area contributed by atoms with Gasteiger partial charge in [-0.2, -0.15) is 0 Å². The first kappa shape index (κ1) is 16.0. The van der Waals surface area contributed by atoms with Crippen molar-refractivity contribution >= 4 is 22.8 Å². The Kier molecular flexibility index (Phi) is 3.71. The van der Waals surface area contributed by atoms with Crippen LogP contribution >= 0.6 is 0 Å². The first-order valence-corrected chi connectivity index (χ1v) is 8.60. The van der Waals surface area contributed by atoms with Crippen LogP contribution in [0.4, 0.5) is 4.39 Å². The van der Waals surface area contributed by atoms with Crippen LogP contribution in [-0.4, -0.2) is 27.5 Å². The number of carboxylic acids is 1. The molecule has 0 bridgehead atoms. The zero-order chi connectivity index (χ0) is 17.6. The molecule has 25 heavy (non-hydrogen) atoms. The van der Waals surface area contributed by atoms with Crippen molar-refractivity contribution in [2.75, 3.05) is 0 Å². The van der Waals surface area contributed by atoms with E-state index in [9.17, 15) is 14.0 Å². The average Bonchev–Trinajstić information content (AvgIpc) is 3.36. The summed E-state index contributed by atoms with van der Waals surface area (Å²) in [7, 11) is 0. The minimum Gasteiger partial charge on any atom is -0.481 e. The largest absolute Gasteiger partial charge is 0.481 e. The molecule has 0 spiro atoms. The number of aromatic nitrogens is 1. The van der Waals surface area contributed by atoms with Gasteiger partial charge in [0.1, 0.15) is 5.82 Å². The van der Waals surface area contributed by atoms with Crippen molar-refractivity contribution in [1.29, 1.82) is 0 Å². The fourth-order valence-electron chi connectivity index (χ4n) is 3.54. The third-order valence-electron chi connectivity index (χ3n) is 5.21. The molecule has 2 saturated carbocycles. The fraction of sp³-hybridized carbons (Fsp3) is 0.421. The van der Waals surface area contributed by atoms with Gasteiger partial charge in [-0.15, -0.1) is 0 Å². The Labute approximate surface area is 144 Å². The number of halogens is 1. The van der Waals surface area contributed by atoms with Crippen molar-refractivity contribution in [3.63, 3.8) is 0 Å². The van der Waals surface area contributed by atoms with E-state index in [0.717, 1.165) is 25.0 Å². The molecule has 5 nitrogen and oxygen atoms in total. The van der Waals surface area contributed by atoms with E-state index in [1.165, 1.54) is 12.1 Å². The summed E-state index contributed by atoms with van der Waals surface area (Å²) < 4.78 is 13.7. The van der Waals surface area contributed by atoms with Gasteiger partial charge < -0.3 is 10.4 Å². The van der Waals surface area contributed by atoms with E-state index in [1.54, 1.807) is 12.1 Å². The highest BCUT2D eigenvalue weighted by molar-refractivity contribution is 6.06. The summed E-state index contributed by atoms with van der Waals surface area (Å²) in [6.45, 7) is 0. The van der Waals surface area contributed by atoms with Gasteiger partial charge in [-0.3, -0.25) is 14.6 Å². The molecule has 0 unspecified atom stereocenters. The molecule has 2 aliphatic carbocycles. The molecular weight excluding hydrogens is 323 g/mol. The van der Waals surface area contributed by atoms with Crippen LogP contribution in [0.5, 0.6) is 0 Å². The van der Waals surface area contributed by atoms with Crippen LogP contribution in [0.15, 0.2) is 24.3 Å². The van der Waals surface area contributed by atoms with Gasteiger partial charge in [-0.1, -0.05) is 0 Å². The summed E-state index contributed by atoms with van der Waals surface area (Å²) in [6.07, 6.45) is 4.20. The minimum absolute atomic E-state index is 0.0917. The second-order valence-corrected chi connectivity index (χ2v) is 7.19. The third kappa shape index (κ3) is 3.08. The molecule has 2 aliphatic rings. The van der Waals surface area contributed by atoms with Gasteiger partial charge in [-0.25, -0.2) is 4.39 Å². The molecule has 2 aromatic rings. The number of hydrogen-bond donors (Lipinski definition) is 2. The Morgan fingerprint density at radius 2 is 2.04 bits per heavy atom. The monoisotopic (exact) mass is 342 g/mol. The number of rotatable bonds is 5. The maximum Gasteiger partial charge on any atom is 0.305 e. The Bertz CT molecular complexity index is 872. The fourth-order valence-corrected chi connectivity index (χ4v) is 3.54. The van der Waals surface area contributed by atoms with Crippen LogP contribution < -0.4 is 5.32 Å². The van der Waals surface area contributed by atoms with Crippen molar-refractivity contribution < 1.29 is 19.1 Å². The highest BCUT2D eigenvalue weighted by atomic mass is 19.1. The molecule has 4 rings (SSSR count). The van der Waals surface area contributed by atoms with Crippen molar-refractivity contribution in [3.05, 3.63) is 41.3 Å². The van der Waals surface area contributed by atoms with E-state index in [0.29, 0.717) is 35.2 Å². The second kappa shape index (κ2) is 5.79. The van der Waals surface area contributed by atoms with E-state index in [1.807, 2.05) is 0 Å². The Morgan fingerprint density at radius 1 is 1.28 bits per heavy atom. The highest BCUT2D eigenvalue weighted by Crippen LogP contribution is 2.40. The topological polar surface area (TPSA) is 79.3 Å². The van der Waals surface area contributed by atoms with Crippen LogP contribution in [-0.2, 0) is 4.79 Å². The maximum atomic E-state index is 13.7. The number of aliphatic carboxylic acids is 1. The van der Waals surface area contributed by atoms with Gasteiger partial charge >= 0.3 is 5.97 Å². The number of nitrogens with zero attached hydrogens (tertiary/aromatic N) is 1. The number of fused-ring (bicyclic) bond motifs is 1. The summed E-state index contributed by atoms with van der Waals surface area (Å²) in [4.78, 5) is 28.6. The number of pyridine rings is 1. The van der Waals surface area contributed by atoms with Gasteiger partial charge in [-0.05, 0) is 56.4 Å². The van der Waals surface area contributed by atoms with E-state index in [-0.39, 0.29) is 12.3 Å². The smallest absolute Gasteiger partial charge is 0.305 e. The number of amides is 1. The Balaban J connectivity index is 1.72.